The van der Waals surface area contributed by atoms with Gasteiger partial charge in [-0.1, -0.05) is 13.0 Å². The Kier molecular flexibility index (Phi) is 4.67. The summed E-state index contributed by atoms with van der Waals surface area (Å²) in [7, 11) is 1.48. The van der Waals surface area contributed by atoms with Crippen LogP contribution in [0.1, 0.15) is 35.0 Å². The number of rotatable bonds is 4. The average molecular weight is 464 g/mol. The van der Waals surface area contributed by atoms with E-state index in [-0.39, 0.29) is 42.1 Å². The van der Waals surface area contributed by atoms with Gasteiger partial charge in [0.2, 0.25) is 0 Å². The maximum Gasteiger partial charge on any atom is 0.318 e. The van der Waals surface area contributed by atoms with Crippen LogP contribution >= 0.6 is 0 Å². The molecule has 0 radical (unpaired) electrons. The minimum atomic E-state index is -0.348. The first-order valence-electron chi connectivity index (χ1n) is 11.5. The lowest BCUT2D eigenvalue weighted by atomic mass is 9.74. The SMILES string of the molecule is CCc1c(F)ccc2cc(O)cc(N3Cc4nc(OC)nc(N5CC6CC(O)C6C5)c4C3=O)c12. The molecule has 6 rings (SSSR count). The molecule has 2 N–H and O–H groups in total. The van der Waals surface area contributed by atoms with Crippen molar-refractivity contribution in [2.75, 3.05) is 30.0 Å². The molecule has 34 heavy (non-hydrogen) atoms. The number of aliphatic hydroxyl groups is 1. The lowest BCUT2D eigenvalue weighted by Gasteiger charge is -2.34. The lowest BCUT2D eigenvalue weighted by molar-refractivity contribution is -0.00399. The van der Waals surface area contributed by atoms with E-state index in [0.29, 0.717) is 64.5 Å². The van der Waals surface area contributed by atoms with Gasteiger partial charge in [-0.25, -0.2) is 4.39 Å². The number of fused-ring (bicyclic) bond motifs is 3. The number of ether oxygens (including phenoxy) is 1. The monoisotopic (exact) mass is 464 g/mol. The lowest BCUT2D eigenvalue weighted by Crippen LogP contribution is -2.39. The number of anilines is 2. The number of aliphatic hydroxyl groups excluding tert-OH is 1. The highest BCUT2D eigenvalue weighted by Crippen LogP contribution is 2.45. The van der Waals surface area contributed by atoms with Crippen molar-refractivity contribution < 1.29 is 24.1 Å². The summed E-state index contributed by atoms with van der Waals surface area (Å²) < 4.78 is 20.0. The van der Waals surface area contributed by atoms with Gasteiger partial charge in [-0.05, 0) is 41.8 Å². The predicted molar refractivity (Wildman–Crippen MR) is 124 cm³/mol. The Labute approximate surface area is 195 Å². The van der Waals surface area contributed by atoms with Crippen LogP contribution in [0.3, 0.4) is 0 Å². The zero-order chi connectivity index (χ0) is 23.7. The molecule has 1 saturated heterocycles. The van der Waals surface area contributed by atoms with E-state index in [9.17, 15) is 19.4 Å². The fourth-order valence-corrected chi connectivity index (χ4v) is 5.76. The van der Waals surface area contributed by atoms with E-state index in [1.807, 2.05) is 11.8 Å². The fraction of sp³-hybridized carbons (Fsp3) is 0.400. The average Bonchev–Trinajstić information content (AvgIpc) is 3.35. The van der Waals surface area contributed by atoms with Gasteiger partial charge in [-0.2, -0.15) is 9.97 Å². The van der Waals surface area contributed by atoms with E-state index in [0.717, 1.165) is 6.42 Å². The number of hydrogen-bond donors (Lipinski definition) is 2. The Morgan fingerprint density at radius 1 is 1.24 bits per heavy atom. The molecule has 3 atom stereocenters. The first-order chi connectivity index (χ1) is 16.4. The Bertz CT molecular complexity index is 1350. The predicted octanol–water partition coefficient (Wildman–Crippen LogP) is 3.02. The van der Waals surface area contributed by atoms with Gasteiger partial charge in [-0.3, -0.25) is 4.79 Å². The molecule has 2 aliphatic heterocycles. The molecule has 2 aromatic carbocycles. The molecule has 1 saturated carbocycles. The molecule has 0 spiro atoms. The van der Waals surface area contributed by atoms with E-state index in [1.165, 1.54) is 24.1 Å². The number of halogens is 1. The van der Waals surface area contributed by atoms with Crippen LogP contribution in [0.2, 0.25) is 0 Å². The van der Waals surface area contributed by atoms with Gasteiger partial charge in [-0.15, -0.1) is 0 Å². The number of phenols is 1. The number of methoxy groups -OCH3 is 1. The van der Waals surface area contributed by atoms with Gasteiger partial charge in [0.1, 0.15) is 22.9 Å². The molecule has 3 unspecified atom stereocenters. The van der Waals surface area contributed by atoms with E-state index in [1.54, 1.807) is 12.1 Å². The van der Waals surface area contributed by atoms with Crippen LogP contribution in [-0.2, 0) is 13.0 Å². The Morgan fingerprint density at radius 2 is 2.06 bits per heavy atom. The second-order valence-corrected chi connectivity index (χ2v) is 9.32. The molecule has 1 aliphatic carbocycles. The van der Waals surface area contributed by atoms with Crippen molar-refractivity contribution in [3.8, 4) is 11.8 Å². The first-order valence-corrected chi connectivity index (χ1v) is 11.5. The Morgan fingerprint density at radius 3 is 2.76 bits per heavy atom. The molecule has 3 aliphatic rings. The normalized spacial score (nSPS) is 23.3. The summed E-state index contributed by atoms with van der Waals surface area (Å²) in [5, 5.41) is 21.8. The molecule has 3 aromatic rings. The van der Waals surface area contributed by atoms with Gasteiger partial charge < -0.3 is 24.7 Å². The van der Waals surface area contributed by atoms with Crippen LogP contribution in [0.5, 0.6) is 11.8 Å². The number of amides is 1. The zero-order valence-corrected chi connectivity index (χ0v) is 19.0. The molecule has 8 nitrogen and oxygen atoms in total. The second-order valence-electron chi connectivity index (χ2n) is 9.32. The van der Waals surface area contributed by atoms with Crippen LogP contribution in [-0.4, -0.2) is 52.4 Å². The summed E-state index contributed by atoms with van der Waals surface area (Å²) >= 11 is 0. The number of benzene rings is 2. The van der Waals surface area contributed by atoms with Gasteiger partial charge in [0.25, 0.3) is 5.91 Å². The third-order valence-electron chi connectivity index (χ3n) is 7.50. The molecule has 1 aromatic heterocycles. The fourth-order valence-electron chi connectivity index (χ4n) is 5.76. The van der Waals surface area contributed by atoms with Crippen molar-refractivity contribution in [1.29, 1.82) is 0 Å². The minimum Gasteiger partial charge on any atom is -0.508 e. The Balaban J connectivity index is 1.48. The summed E-state index contributed by atoms with van der Waals surface area (Å²) in [6.45, 7) is 3.34. The van der Waals surface area contributed by atoms with E-state index >= 15 is 0 Å². The van der Waals surface area contributed by atoms with Gasteiger partial charge in [0.15, 0.2) is 0 Å². The summed E-state index contributed by atoms with van der Waals surface area (Å²) in [4.78, 5) is 26.4. The van der Waals surface area contributed by atoms with E-state index < -0.39 is 0 Å². The van der Waals surface area contributed by atoms with Crippen LogP contribution < -0.4 is 14.5 Å². The number of hydrogen-bond acceptors (Lipinski definition) is 7. The summed E-state index contributed by atoms with van der Waals surface area (Å²) in [5.74, 6) is 0.403. The summed E-state index contributed by atoms with van der Waals surface area (Å²) in [5.41, 5.74) is 1.85. The highest BCUT2D eigenvalue weighted by molar-refractivity contribution is 6.16. The quantitative estimate of drug-likeness (QED) is 0.612. The highest BCUT2D eigenvalue weighted by atomic mass is 19.1. The molecular weight excluding hydrogens is 439 g/mol. The van der Waals surface area contributed by atoms with Crippen molar-refractivity contribution in [2.45, 2.75) is 32.4 Å². The number of aromatic nitrogens is 2. The maximum absolute atomic E-state index is 14.7. The van der Waals surface area contributed by atoms with E-state index in [4.69, 9.17) is 4.74 Å². The van der Waals surface area contributed by atoms with Crippen molar-refractivity contribution in [2.24, 2.45) is 11.8 Å². The van der Waals surface area contributed by atoms with Gasteiger partial charge in [0.05, 0.1) is 31.1 Å². The molecular formula is C25H25FN4O4. The zero-order valence-electron chi connectivity index (χ0n) is 19.0. The third kappa shape index (κ3) is 2.96. The number of carbonyl (C=O) groups is 1. The highest BCUT2D eigenvalue weighted by Gasteiger charge is 2.48. The minimum absolute atomic E-state index is 0.00564. The molecule has 9 heteroatoms. The number of phenolic OH excluding ortho intramolecular Hbond substituents is 1. The van der Waals surface area contributed by atoms with Crippen molar-refractivity contribution in [3.63, 3.8) is 0 Å². The molecule has 2 fully saturated rings. The maximum atomic E-state index is 14.7. The number of carbonyl (C=O) groups excluding carboxylic acids is 1. The van der Waals surface area contributed by atoms with Crippen LogP contribution in [0, 0.1) is 17.7 Å². The first kappa shape index (κ1) is 21.1. The van der Waals surface area contributed by atoms with E-state index in [2.05, 4.69) is 9.97 Å². The van der Waals surface area contributed by atoms with Crippen LogP contribution in [0.15, 0.2) is 24.3 Å². The van der Waals surface area contributed by atoms with Crippen LogP contribution in [0.4, 0.5) is 15.9 Å². The Hall–Kier alpha value is -3.46. The van der Waals surface area contributed by atoms with Crippen LogP contribution in [0.25, 0.3) is 10.8 Å². The second kappa shape index (κ2) is 7.53. The summed E-state index contributed by atoms with van der Waals surface area (Å²) in [6, 6.07) is 6.24. The molecule has 3 heterocycles. The topological polar surface area (TPSA) is 99.0 Å². The number of aromatic hydroxyl groups is 1. The van der Waals surface area contributed by atoms with Crippen molar-refractivity contribution in [1.82, 2.24) is 9.97 Å². The molecule has 1 amide bonds. The summed E-state index contributed by atoms with van der Waals surface area (Å²) in [6.07, 6.45) is 0.875. The number of aryl methyl sites for hydroxylation is 1. The largest absolute Gasteiger partial charge is 0.508 e. The standard InChI is InChI=1S/C25H25FN4O4/c1-3-15-17(26)5-4-12-6-14(31)8-19(21(12)15)30-11-18-22(24(30)33)23(28-25(27-18)34-2)29-9-13-7-20(32)16(13)10-29/h4-6,8,13,16,20,31-32H,3,7,9-11H2,1-2H3. The smallest absolute Gasteiger partial charge is 0.318 e. The van der Waals surface area contributed by atoms with Gasteiger partial charge in [0, 0.05) is 30.5 Å². The van der Waals surface area contributed by atoms with Crippen molar-refractivity contribution >= 4 is 28.2 Å². The third-order valence-corrected chi connectivity index (χ3v) is 7.50. The van der Waals surface area contributed by atoms with Crippen molar-refractivity contribution in [3.05, 3.63) is 46.9 Å². The molecule has 0 bridgehead atoms. The van der Waals surface area contributed by atoms with Gasteiger partial charge >= 0.3 is 6.01 Å². The molecule has 176 valence electrons. The number of nitrogens with zero attached hydrogens (tertiary/aromatic N) is 4.